The molecular weight excluding hydrogens is 146 g/mol. The van der Waals surface area contributed by atoms with Gasteiger partial charge in [-0.3, -0.25) is 4.79 Å². The molecule has 0 atom stereocenters. The van der Waals surface area contributed by atoms with Crippen LogP contribution in [0.1, 0.15) is 12.8 Å². The van der Waals surface area contributed by atoms with Gasteiger partial charge in [0.15, 0.2) is 0 Å². The average molecular weight is 155 g/mol. The Hall–Kier alpha value is -0.990. The number of ether oxygens (including phenoxy) is 1. The van der Waals surface area contributed by atoms with Crippen molar-refractivity contribution < 1.29 is 14.3 Å². The molecule has 0 aromatic carbocycles. The highest BCUT2D eigenvalue weighted by molar-refractivity contribution is 5.83. The van der Waals surface area contributed by atoms with E-state index < -0.39 is 0 Å². The van der Waals surface area contributed by atoms with Crippen LogP contribution in [-0.2, 0) is 14.3 Å². The van der Waals surface area contributed by atoms with Crippen molar-refractivity contribution in [3.05, 3.63) is 0 Å². The summed E-state index contributed by atoms with van der Waals surface area (Å²) in [4.78, 5) is 23.7. The van der Waals surface area contributed by atoms with E-state index >= 15 is 0 Å². The summed E-state index contributed by atoms with van der Waals surface area (Å²) in [5, 5.41) is 0. The van der Waals surface area contributed by atoms with Gasteiger partial charge < -0.3 is 4.74 Å². The predicted molar refractivity (Wildman–Crippen MR) is 36.7 cm³/mol. The third kappa shape index (κ3) is 2.26. The second-order valence-corrected chi connectivity index (χ2v) is 2.43. The highest BCUT2D eigenvalue weighted by atomic mass is 16.5. The van der Waals surface area contributed by atoms with Crippen molar-refractivity contribution >= 4 is 12.0 Å². The fourth-order valence-electron chi connectivity index (χ4n) is 1.08. The molecule has 0 saturated carbocycles. The van der Waals surface area contributed by atoms with E-state index in [4.69, 9.17) is 4.74 Å². The molecule has 1 aliphatic heterocycles. The van der Waals surface area contributed by atoms with Crippen LogP contribution in [0.3, 0.4) is 0 Å². The first kappa shape index (κ1) is 8.11. The summed E-state index contributed by atoms with van der Waals surface area (Å²) in [6, 6.07) is 0. The molecule has 0 N–H and O–H groups in total. The number of carbonyl (C=O) groups excluding carboxylic acids is 2. The van der Waals surface area contributed by atoms with E-state index in [0.717, 1.165) is 0 Å². The fraction of sp³-hybridized carbons (Fsp3) is 0.714. The molecule has 4 nitrogen and oxygen atoms in total. The highest BCUT2D eigenvalue weighted by Crippen LogP contribution is 2.15. The maximum atomic E-state index is 10.9. The van der Waals surface area contributed by atoms with E-state index in [0.29, 0.717) is 26.1 Å². The maximum absolute atomic E-state index is 10.9. The molecule has 0 aromatic heterocycles. The molecular formula is C7H9NO3. The van der Waals surface area contributed by atoms with E-state index in [1.807, 2.05) is 0 Å². The van der Waals surface area contributed by atoms with Crippen LogP contribution in [0, 0.1) is 5.92 Å². The van der Waals surface area contributed by atoms with Crippen LogP contribution in [-0.4, -0.2) is 25.2 Å². The largest absolute Gasteiger partial charge is 0.381 e. The van der Waals surface area contributed by atoms with Crippen molar-refractivity contribution in [3.63, 3.8) is 0 Å². The van der Waals surface area contributed by atoms with E-state index in [1.165, 1.54) is 6.08 Å². The van der Waals surface area contributed by atoms with E-state index in [-0.39, 0.29) is 11.8 Å². The fourth-order valence-corrected chi connectivity index (χ4v) is 1.08. The number of hydrogen-bond acceptors (Lipinski definition) is 3. The Bertz CT molecular complexity index is 190. The molecule has 1 fully saturated rings. The smallest absolute Gasteiger partial charge is 0.259 e. The number of isocyanates is 1. The minimum Gasteiger partial charge on any atom is -0.381 e. The molecule has 60 valence electrons. The van der Waals surface area contributed by atoms with Crippen LogP contribution in [0.2, 0.25) is 0 Å². The SMILES string of the molecule is O=C=NC(=O)C1CCOCC1. The average Bonchev–Trinajstić information content (AvgIpc) is 2.07. The summed E-state index contributed by atoms with van der Waals surface area (Å²) < 4.78 is 5.04. The molecule has 1 rings (SSSR count). The van der Waals surface area contributed by atoms with Gasteiger partial charge in [-0.1, -0.05) is 0 Å². The summed E-state index contributed by atoms with van der Waals surface area (Å²) in [7, 11) is 0. The van der Waals surface area contributed by atoms with Gasteiger partial charge in [-0.2, -0.15) is 0 Å². The molecule has 1 aliphatic rings. The Balaban J connectivity index is 2.44. The van der Waals surface area contributed by atoms with Crippen molar-refractivity contribution in [2.45, 2.75) is 12.8 Å². The quantitative estimate of drug-likeness (QED) is 0.403. The summed E-state index contributed by atoms with van der Waals surface area (Å²) in [6.45, 7) is 1.18. The lowest BCUT2D eigenvalue weighted by molar-refractivity contribution is -0.124. The first-order chi connectivity index (χ1) is 5.34. The summed E-state index contributed by atoms with van der Waals surface area (Å²) in [5.74, 6) is -0.478. The second kappa shape index (κ2) is 4.01. The van der Waals surface area contributed by atoms with Crippen molar-refractivity contribution in [2.75, 3.05) is 13.2 Å². The minimum absolute atomic E-state index is 0.120. The van der Waals surface area contributed by atoms with Crippen molar-refractivity contribution in [2.24, 2.45) is 10.9 Å². The van der Waals surface area contributed by atoms with Gasteiger partial charge in [0, 0.05) is 19.1 Å². The molecule has 1 amide bonds. The number of hydrogen-bond donors (Lipinski definition) is 0. The van der Waals surface area contributed by atoms with Crippen LogP contribution < -0.4 is 0 Å². The molecule has 0 spiro atoms. The van der Waals surface area contributed by atoms with Gasteiger partial charge in [-0.25, -0.2) is 4.79 Å². The van der Waals surface area contributed by atoms with E-state index in [1.54, 1.807) is 0 Å². The summed E-state index contributed by atoms with van der Waals surface area (Å²) in [6.07, 6.45) is 2.59. The van der Waals surface area contributed by atoms with Crippen LogP contribution in [0.25, 0.3) is 0 Å². The maximum Gasteiger partial charge on any atom is 0.259 e. The van der Waals surface area contributed by atoms with E-state index in [2.05, 4.69) is 4.99 Å². The zero-order valence-corrected chi connectivity index (χ0v) is 6.08. The molecule has 1 saturated heterocycles. The normalized spacial score (nSPS) is 18.9. The lowest BCUT2D eigenvalue weighted by atomic mass is 10.00. The number of aliphatic imine (C=N–C) groups is 1. The van der Waals surface area contributed by atoms with E-state index in [9.17, 15) is 9.59 Å². The number of carbonyl (C=O) groups is 1. The highest BCUT2D eigenvalue weighted by Gasteiger charge is 2.20. The number of nitrogens with zero attached hydrogens (tertiary/aromatic N) is 1. The van der Waals surface area contributed by atoms with Gasteiger partial charge in [-0.05, 0) is 12.8 Å². The third-order valence-corrected chi connectivity index (χ3v) is 1.73. The summed E-state index contributed by atoms with van der Waals surface area (Å²) in [5.41, 5.74) is 0. The molecule has 1 heterocycles. The van der Waals surface area contributed by atoms with Gasteiger partial charge in [-0.15, -0.1) is 4.99 Å². The van der Waals surface area contributed by atoms with Crippen molar-refractivity contribution in [1.29, 1.82) is 0 Å². The van der Waals surface area contributed by atoms with Gasteiger partial charge in [0.2, 0.25) is 6.08 Å². The molecule has 0 aliphatic carbocycles. The Morgan fingerprint density at radius 2 is 2.09 bits per heavy atom. The molecule has 11 heavy (non-hydrogen) atoms. The van der Waals surface area contributed by atoms with Crippen LogP contribution >= 0.6 is 0 Å². The minimum atomic E-state index is -0.358. The summed E-state index contributed by atoms with van der Waals surface area (Å²) >= 11 is 0. The number of rotatable bonds is 1. The standard InChI is InChI=1S/C7H9NO3/c9-5-8-7(10)6-1-3-11-4-2-6/h6H,1-4H2. The van der Waals surface area contributed by atoms with Gasteiger partial charge in [0.1, 0.15) is 0 Å². The van der Waals surface area contributed by atoms with Crippen LogP contribution in [0.5, 0.6) is 0 Å². The topological polar surface area (TPSA) is 55.7 Å². The Labute approximate surface area is 64.3 Å². The zero-order chi connectivity index (χ0) is 8.10. The third-order valence-electron chi connectivity index (χ3n) is 1.73. The molecule has 0 unspecified atom stereocenters. The predicted octanol–water partition coefficient (Wildman–Crippen LogP) is 0.275. The second-order valence-electron chi connectivity index (χ2n) is 2.43. The number of amides is 1. The lowest BCUT2D eigenvalue weighted by Crippen LogP contribution is -2.21. The van der Waals surface area contributed by atoms with Crippen molar-refractivity contribution in [1.82, 2.24) is 0 Å². The molecule has 0 aromatic rings. The monoisotopic (exact) mass is 155 g/mol. The molecule has 0 radical (unpaired) electrons. The first-order valence-corrected chi connectivity index (χ1v) is 3.54. The molecule has 0 bridgehead atoms. The zero-order valence-electron chi connectivity index (χ0n) is 6.08. The van der Waals surface area contributed by atoms with Gasteiger partial charge >= 0.3 is 0 Å². The van der Waals surface area contributed by atoms with Crippen molar-refractivity contribution in [3.8, 4) is 0 Å². The Morgan fingerprint density at radius 3 is 2.64 bits per heavy atom. The first-order valence-electron chi connectivity index (χ1n) is 3.54. The van der Waals surface area contributed by atoms with Gasteiger partial charge in [0.25, 0.3) is 5.91 Å². The Morgan fingerprint density at radius 1 is 1.45 bits per heavy atom. The molecule has 4 heteroatoms. The Kier molecular flexibility index (Phi) is 2.95. The van der Waals surface area contributed by atoms with Gasteiger partial charge in [0.05, 0.1) is 0 Å². The van der Waals surface area contributed by atoms with Crippen LogP contribution in [0.15, 0.2) is 4.99 Å². The lowest BCUT2D eigenvalue weighted by Gasteiger charge is -2.17. The van der Waals surface area contributed by atoms with Crippen LogP contribution in [0.4, 0.5) is 0 Å².